The van der Waals surface area contributed by atoms with Crippen LogP contribution in [0.3, 0.4) is 0 Å². The van der Waals surface area contributed by atoms with Crippen LogP contribution in [0.4, 0.5) is 0 Å². The summed E-state index contributed by atoms with van der Waals surface area (Å²) in [5.74, 6) is -1.13. The highest BCUT2D eigenvalue weighted by Gasteiger charge is 2.26. The van der Waals surface area contributed by atoms with Crippen molar-refractivity contribution in [2.45, 2.75) is 51.6 Å². The molecule has 0 aliphatic heterocycles. The van der Waals surface area contributed by atoms with Crippen LogP contribution >= 0.6 is 0 Å². The van der Waals surface area contributed by atoms with E-state index in [0.29, 0.717) is 0 Å². The summed E-state index contributed by atoms with van der Waals surface area (Å²) in [6, 6.07) is 0. The van der Waals surface area contributed by atoms with Gasteiger partial charge >= 0.3 is 0 Å². The van der Waals surface area contributed by atoms with E-state index in [4.69, 9.17) is 26.4 Å². The minimum Gasteiger partial charge on any atom is -0.510 e. The maximum Gasteiger partial charge on any atom is 0.200 e. The standard InChI is InChI=1S/C15H30N2O7/c1-8(2)13(21)12(17)14(22)10(5-7-19)24-15(23)11(16)9(20)4-3-6-18/h8,10,13,15,18-23H,3-7,16-17H2,1-2H3/b11-9+,14-12-. The molecule has 142 valence electrons. The quantitative estimate of drug-likeness (QED) is 0.177. The van der Waals surface area contributed by atoms with Crippen LogP contribution in [-0.2, 0) is 4.74 Å². The van der Waals surface area contributed by atoms with Crippen molar-refractivity contribution in [1.82, 2.24) is 0 Å². The zero-order valence-corrected chi connectivity index (χ0v) is 14.1. The predicted octanol–water partition coefficient (Wildman–Crippen LogP) is -0.682. The normalized spacial score (nSPS) is 18.0. The molecule has 24 heavy (non-hydrogen) atoms. The lowest BCUT2D eigenvalue weighted by Gasteiger charge is -2.24. The highest BCUT2D eigenvalue weighted by Crippen LogP contribution is 2.19. The molecule has 9 heteroatoms. The van der Waals surface area contributed by atoms with Gasteiger partial charge in [0, 0.05) is 26.1 Å². The lowest BCUT2D eigenvalue weighted by molar-refractivity contribution is -0.117. The Hall–Kier alpha value is -1.52. The molecule has 0 radical (unpaired) electrons. The predicted molar refractivity (Wildman–Crippen MR) is 87.4 cm³/mol. The third-order valence-corrected chi connectivity index (χ3v) is 3.41. The number of allylic oxidation sites excluding steroid dienone is 1. The second-order valence-electron chi connectivity index (χ2n) is 5.75. The Kier molecular flexibility index (Phi) is 10.4. The van der Waals surface area contributed by atoms with Crippen molar-refractivity contribution in [3.8, 4) is 0 Å². The van der Waals surface area contributed by atoms with Crippen LogP contribution in [0.5, 0.6) is 0 Å². The van der Waals surface area contributed by atoms with Crippen LogP contribution in [-0.4, -0.2) is 62.4 Å². The van der Waals surface area contributed by atoms with Gasteiger partial charge in [0.1, 0.15) is 23.3 Å². The van der Waals surface area contributed by atoms with E-state index in [1.54, 1.807) is 13.8 Å². The van der Waals surface area contributed by atoms with E-state index in [0.717, 1.165) is 0 Å². The van der Waals surface area contributed by atoms with Gasteiger partial charge in [-0.1, -0.05) is 13.8 Å². The molecule has 10 N–H and O–H groups in total. The van der Waals surface area contributed by atoms with Gasteiger partial charge < -0.3 is 46.8 Å². The van der Waals surface area contributed by atoms with E-state index >= 15 is 0 Å². The number of ether oxygens (including phenoxy) is 1. The SMILES string of the molecule is CC(C)C(O)/C(N)=C(/O)C(CCO)OC(O)/C(N)=C(\O)CCCO. The van der Waals surface area contributed by atoms with Crippen molar-refractivity contribution >= 4 is 0 Å². The summed E-state index contributed by atoms with van der Waals surface area (Å²) in [6.07, 6.45) is -3.92. The van der Waals surface area contributed by atoms with Gasteiger partial charge in [-0.25, -0.2) is 0 Å². The summed E-state index contributed by atoms with van der Waals surface area (Å²) >= 11 is 0. The van der Waals surface area contributed by atoms with Crippen LogP contribution in [0.1, 0.15) is 33.1 Å². The summed E-state index contributed by atoms with van der Waals surface area (Å²) in [5.41, 5.74) is 10.6. The van der Waals surface area contributed by atoms with Gasteiger partial charge in [-0.2, -0.15) is 0 Å². The number of aliphatic hydroxyl groups excluding tert-OH is 6. The third kappa shape index (κ3) is 6.93. The van der Waals surface area contributed by atoms with Crippen molar-refractivity contribution in [2.75, 3.05) is 13.2 Å². The Morgan fingerprint density at radius 1 is 1.00 bits per heavy atom. The van der Waals surface area contributed by atoms with Gasteiger partial charge in [-0.3, -0.25) is 0 Å². The topological polar surface area (TPSA) is 183 Å². The summed E-state index contributed by atoms with van der Waals surface area (Å²) in [6.45, 7) is 2.85. The Bertz CT molecular complexity index is 438. The van der Waals surface area contributed by atoms with Gasteiger partial charge in [0.2, 0.25) is 0 Å². The summed E-state index contributed by atoms with van der Waals surface area (Å²) in [7, 11) is 0. The first kappa shape index (κ1) is 22.5. The fourth-order valence-electron chi connectivity index (χ4n) is 1.85. The molecule has 0 fully saturated rings. The Balaban J connectivity index is 5.23. The number of nitrogens with two attached hydrogens (primary N) is 2. The first-order valence-electron chi connectivity index (χ1n) is 7.76. The summed E-state index contributed by atoms with van der Waals surface area (Å²) < 4.78 is 5.16. The van der Waals surface area contributed by atoms with Crippen LogP contribution in [0.15, 0.2) is 22.9 Å². The summed E-state index contributed by atoms with van der Waals surface area (Å²) in [4.78, 5) is 0. The highest BCUT2D eigenvalue weighted by molar-refractivity contribution is 5.14. The Morgan fingerprint density at radius 2 is 1.58 bits per heavy atom. The molecule has 0 rings (SSSR count). The van der Waals surface area contributed by atoms with Crippen molar-refractivity contribution < 1.29 is 35.4 Å². The van der Waals surface area contributed by atoms with Gasteiger partial charge in [0.05, 0.1) is 11.8 Å². The van der Waals surface area contributed by atoms with E-state index in [1.807, 2.05) is 0 Å². The van der Waals surface area contributed by atoms with Crippen molar-refractivity contribution in [1.29, 1.82) is 0 Å². The number of hydrogen-bond acceptors (Lipinski definition) is 9. The molecule has 0 saturated carbocycles. The first-order chi connectivity index (χ1) is 11.2. The first-order valence-corrected chi connectivity index (χ1v) is 7.76. The van der Waals surface area contributed by atoms with Crippen molar-refractivity contribution in [3.05, 3.63) is 22.9 Å². The van der Waals surface area contributed by atoms with Gasteiger partial charge in [0.25, 0.3) is 0 Å². The second kappa shape index (κ2) is 11.1. The maximum absolute atomic E-state index is 10.1. The van der Waals surface area contributed by atoms with E-state index in [9.17, 15) is 20.4 Å². The fraction of sp³-hybridized carbons (Fsp3) is 0.733. The zero-order valence-electron chi connectivity index (χ0n) is 14.1. The zero-order chi connectivity index (χ0) is 18.9. The highest BCUT2D eigenvalue weighted by atomic mass is 16.6. The molecule has 0 spiro atoms. The molecule has 9 nitrogen and oxygen atoms in total. The molecule has 0 aliphatic carbocycles. The van der Waals surface area contributed by atoms with Crippen LogP contribution in [0.25, 0.3) is 0 Å². The molecule has 0 aromatic rings. The maximum atomic E-state index is 10.1. The van der Waals surface area contributed by atoms with Crippen molar-refractivity contribution in [2.24, 2.45) is 17.4 Å². The average Bonchev–Trinajstić information content (AvgIpc) is 2.56. The molecule has 0 saturated heterocycles. The molecule has 0 amide bonds. The monoisotopic (exact) mass is 350 g/mol. The van der Waals surface area contributed by atoms with E-state index in [-0.39, 0.29) is 55.5 Å². The average molecular weight is 350 g/mol. The third-order valence-electron chi connectivity index (χ3n) is 3.41. The van der Waals surface area contributed by atoms with Gasteiger partial charge in [-0.05, 0) is 12.3 Å². The molecule has 0 heterocycles. The molecular weight excluding hydrogens is 320 g/mol. The van der Waals surface area contributed by atoms with E-state index < -0.39 is 24.3 Å². The lowest BCUT2D eigenvalue weighted by atomic mass is 10.0. The molecule has 0 aliphatic rings. The number of aliphatic hydroxyl groups is 6. The summed E-state index contributed by atoms with van der Waals surface area (Å²) in [5, 5.41) is 57.4. The minimum absolute atomic E-state index is 0.0451. The van der Waals surface area contributed by atoms with Gasteiger partial charge in [0.15, 0.2) is 6.29 Å². The van der Waals surface area contributed by atoms with Crippen LogP contribution in [0.2, 0.25) is 0 Å². The molecule has 3 atom stereocenters. The molecule has 0 aromatic heterocycles. The lowest BCUT2D eigenvalue weighted by Crippen LogP contribution is -2.34. The van der Waals surface area contributed by atoms with E-state index in [2.05, 4.69) is 0 Å². The largest absolute Gasteiger partial charge is 0.510 e. The smallest absolute Gasteiger partial charge is 0.200 e. The van der Waals surface area contributed by atoms with Gasteiger partial charge in [-0.15, -0.1) is 0 Å². The van der Waals surface area contributed by atoms with Crippen molar-refractivity contribution in [3.63, 3.8) is 0 Å². The molecule has 0 bridgehead atoms. The van der Waals surface area contributed by atoms with Crippen LogP contribution in [0, 0.1) is 5.92 Å². The second-order valence-corrected chi connectivity index (χ2v) is 5.75. The molecule has 0 aromatic carbocycles. The Morgan fingerprint density at radius 3 is 2.04 bits per heavy atom. The van der Waals surface area contributed by atoms with Crippen LogP contribution < -0.4 is 11.5 Å². The molecule has 3 unspecified atom stereocenters. The molecular formula is C15H30N2O7. The number of rotatable bonds is 11. The Labute approximate surface area is 141 Å². The van der Waals surface area contributed by atoms with E-state index in [1.165, 1.54) is 0 Å². The fourth-order valence-corrected chi connectivity index (χ4v) is 1.85. The number of hydrogen-bond donors (Lipinski definition) is 8. The minimum atomic E-state index is -1.76.